The van der Waals surface area contributed by atoms with E-state index in [0.29, 0.717) is 31.2 Å². The number of unbranched alkanes of at least 4 members (excludes halogenated alkanes) is 1. The summed E-state index contributed by atoms with van der Waals surface area (Å²) >= 11 is 0. The van der Waals surface area contributed by atoms with Gasteiger partial charge in [0.25, 0.3) is 5.91 Å². The maximum Gasteiger partial charge on any atom is 0.255 e. The Labute approximate surface area is 160 Å². The second kappa shape index (κ2) is 12.6. The maximum atomic E-state index is 12.3. The molecule has 1 aromatic rings. The summed E-state index contributed by atoms with van der Waals surface area (Å²) in [5.41, 5.74) is 3.61. The highest BCUT2D eigenvalue weighted by molar-refractivity contribution is 5.95. The zero-order valence-corrected chi connectivity index (χ0v) is 15.6. The van der Waals surface area contributed by atoms with E-state index in [0.717, 1.165) is 11.3 Å². The van der Waals surface area contributed by atoms with E-state index in [1.54, 1.807) is 35.8 Å². The van der Waals surface area contributed by atoms with Crippen LogP contribution in [0.3, 0.4) is 0 Å². The van der Waals surface area contributed by atoms with Crippen molar-refractivity contribution in [3.05, 3.63) is 72.0 Å². The lowest BCUT2D eigenvalue weighted by atomic mass is 10.0. The Morgan fingerprint density at radius 3 is 2.52 bits per heavy atom. The quantitative estimate of drug-likeness (QED) is 0.207. The van der Waals surface area contributed by atoms with Crippen molar-refractivity contribution < 1.29 is 19.9 Å². The minimum Gasteiger partial charge on any atom is -0.388 e. The maximum absolute atomic E-state index is 12.3. The van der Waals surface area contributed by atoms with Crippen LogP contribution in [0.2, 0.25) is 0 Å². The summed E-state index contributed by atoms with van der Waals surface area (Å²) in [6, 6.07) is 6.82. The molecule has 0 aromatic heterocycles. The zero-order valence-electron chi connectivity index (χ0n) is 15.6. The van der Waals surface area contributed by atoms with E-state index < -0.39 is 12.0 Å². The van der Waals surface area contributed by atoms with Gasteiger partial charge in [-0.2, -0.15) is 0 Å². The monoisotopic (exact) mass is 372 g/mol. The van der Waals surface area contributed by atoms with Gasteiger partial charge in [0.2, 0.25) is 5.91 Å². The zero-order chi connectivity index (χ0) is 20.1. The molecule has 6 nitrogen and oxygen atoms in total. The van der Waals surface area contributed by atoms with E-state index >= 15 is 0 Å². The van der Waals surface area contributed by atoms with Crippen molar-refractivity contribution in [1.82, 2.24) is 10.8 Å². The highest BCUT2D eigenvalue weighted by Crippen LogP contribution is 2.20. The highest BCUT2D eigenvalue weighted by Gasteiger charge is 2.11. The first-order valence-electron chi connectivity index (χ1n) is 8.96. The van der Waals surface area contributed by atoms with Crippen LogP contribution in [0.25, 0.3) is 0 Å². The van der Waals surface area contributed by atoms with Crippen molar-refractivity contribution in [3.8, 4) is 0 Å². The molecule has 27 heavy (non-hydrogen) atoms. The molecule has 0 saturated carbocycles. The fourth-order valence-electron chi connectivity index (χ4n) is 2.45. The number of nitrogens with one attached hydrogen (secondary N) is 2. The molecule has 6 heteroatoms. The van der Waals surface area contributed by atoms with Gasteiger partial charge in [-0.1, -0.05) is 49.4 Å². The van der Waals surface area contributed by atoms with Crippen molar-refractivity contribution >= 4 is 11.8 Å². The second-order valence-electron chi connectivity index (χ2n) is 6.05. The van der Waals surface area contributed by atoms with E-state index in [1.807, 2.05) is 25.2 Å². The number of aliphatic hydroxyl groups excluding tert-OH is 1. The molecular formula is C21H28N2O4. The average molecular weight is 372 g/mol. The fourth-order valence-corrected chi connectivity index (χ4v) is 2.45. The van der Waals surface area contributed by atoms with Crippen molar-refractivity contribution in [2.24, 2.45) is 0 Å². The van der Waals surface area contributed by atoms with E-state index in [-0.39, 0.29) is 12.3 Å². The molecule has 4 N–H and O–H groups in total. The Bertz CT molecular complexity index is 678. The minimum atomic E-state index is -0.658. The molecule has 0 unspecified atom stereocenters. The molecule has 0 heterocycles. The van der Waals surface area contributed by atoms with Crippen molar-refractivity contribution in [3.63, 3.8) is 0 Å². The van der Waals surface area contributed by atoms with Crippen LogP contribution >= 0.6 is 0 Å². The number of hydroxylamine groups is 1. The number of amides is 2. The van der Waals surface area contributed by atoms with Crippen molar-refractivity contribution in [2.45, 2.75) is 45.1 Å². The molecule has 0 aliphatic rings. The lowest BCUT2D eigenvalue weighted by molar-refractivity contribution is -0.129. The summed E-state index contributed by atoms with van der Waals surface area (Å²) in [6.07, 6.45) is 9.17. The molecule has 1 aromatic carbocycles. The highest BCUT2D eigenvalue weighted by atomic mass is 16.5. The van der Waals surface area contributed by atoms with Gasteiger partial charge in [0.15, 0.2) is 0 Å². The molecule has 0 fully saturated rings. The third-order valence-electron chi connectivity index (χ3n) is 4.05. The van der Waals surface area contributed by atoms with Gasteiger partial charge in [-0.15, -0.1) is 0 Å². The summed E-state index contributed by atoms with van der Waals surface area (Å²) in [6.45, 7) is 5.47. The Morgan fingerprint density at radius 2 is 1.93 bits per heavy atom. The molecule has 0 aliphatic carbocycles. The van der Waals surface area contributed by atoms with Gasteiger partial charge >= 0.3 is 0 Å². The van der Waals surface area contributed by atoms with E-state index in [9.17, 15) is 14.7 Å². The Hall–Kier alpha value is -2.70. The van der Waals surface area contributed by atoms with Gasteiger partial charge in [-0.3, -0.25) is 14.8 Å². The van der Waals surface area contributed by atoms with Crippen LogP contribution in [-0.2, 0) is 4.79 Å². The van der Waals surface area contributed by atoms with Gasteiger partial charge in [0.05, 0.1) is 6.10 Å². The van der Waals surface area contributed by atoms with Gasteiger partial charge in [-0.05, 0) is 37.5 Å². The molecular weight excluding hydrogens is 344 g/mol. The van der Waals surface area contributed by atoms with Crippen LogP contribution in [0.5, 0.6) is 0 Å². The molecule has 0 bridgehead atoms. The van der Waals surface area contributed by atoms with Crippen LogP contribution in [0.4, 0.5) is 0 Å². The molecule has 2 amide bonds. The smallest absolute Gasteiger partial charge is 0.255 e. The topological polar surface area (TPSA) is 98.7 Å². The normalized spacial score (nSPS) is 12.6. The van der Waals surface area contributed by atoms with Gasteiger partial charge in [0, 0.05) is 24.1 Å². The lowest BCUT2D eigenvalue weighted by Gasteiger charge is -2.12. The predicted molar refractivity (Wildman–Crippen MR) is 105 cm³/mol. The number of rotatable bonds is 11. The van der Waals surface area contributed by atoms with Crippen LogP contribution in [0.15, 0.2) is 60.8 Å². The van der Waals surface area contributed by atoms with Crippen LogP contribution in [0, 0.1) is 0 Å². The third-order valence-corrected chi connectivity index (χ3v) is 4.05. The van der Waals surface area contributed by atoms with Gasteiger partial charge in [-0.25, -0.2) is 5.48 Å². The van der Waals surface area contributed by atoms with Crippen molar-refractivity contribution in [1.29, 1.82) is 0 Å². The van der Waals surface area contributed by atoms with Crippen molar-refractivity contribution in [2.75, 3.05) is 0 Å². The largest absolute Gasteiger partial charge is 0.388 e. The fraction of sp³-hybridized carbons (Fsp3) is 0.333. The number of benzene rings is 1. The Balaban J connectivity index is 2.54. The van der Waals surface area contributed by atoms with E-state index in [2.05, 4.69) is 11.9 Å². The SMILES string of the molecule is C=C/C=C\C/C(=C\C)NC(=O)c1ccc([C@@H](O)CCCCC(=O)NO)cc1. The number of carbonyl (C=O) groups is 2. The number of allylic oxidation sites excluding steroid dienone is 4. The van der Waals surface area contributed by atoms with Gasteiger partial charge < -0.3 is 10.4 Å². The van der Waals surface area contributed by atoms with Gasteiger partial charge in [0.1, 0.15) is 0 Å². The standard InChI is InChI=1S/C21H28N2O4/c1-3-5-6-9-18(4-2)22-21(26)17-14-12-16(13-15-17)19(24)10-7-8-11-20(25)23-27/h3-6,12-15,19,24,27H,1,7-11H2,2H3,(H,22,26)(H,23,25)/b6-5-,18-4+/t19-/m0/s1. The van der Waals surface area contributed by atoms with Crippen LogP contribution in [0.1, 0.15) is 61.1 Å². The van der Waals surface area contributed by atoms with E-state index in [4.69, 9.17) is 5.21 Å². The lowest BCUT2D eigenvalue weighted by Crippen LogP contribution is -2.22. The summed E-state index contributed by atoms with van der Waals surface area (Å²) in [5, 5.41) is 21.5. The summed E-state index contributed by atoms with van der Waals surface area (Å²) in [5.74, 6) is -0.633. The number of carbonyl (C=O) groups excluding carboxylic acids is 2. The second-order valence-corrected chi connectivity index (χ2v) is 6.05. The molecule has 0 saturated heterocycles. The van der Waals surface area contributed by atoms with E-state index in [1.165, 1.54) is 0 Å². The molecule has 0 spiro atoms. The molecule has 0 aliphatic heterocycles. The molecule has 1 rings (SSSR count). The molecule has 146 valence electrons. The number of aliphatic hydroxyl groups is 1. The Kier molecular flexibility index (Phi) is 10.4. The minimum absolute atomic E-state index is 0.203. The number of hydrogen-bond acceptors (Lipinski definition) is 4. The third kappa shape index (κ3) is 8.48. The van der Waals surface area contributed by atoms with Crippen LogP contribution < -0.4 is 10.8 Å². The Morgan fingerprint density at radius 1 is 1.22 bits per heavy atom. The van der Waals surface area contributed by atoms with Crippen LogP contribution in [-0.4, -0.2) is 22.1 Å². The molecule has 0 radical (unpaired) electrons. The average Bonchev–Trinajstić information content (AvgIpc) is 2.70. The summed E-state index contributed by atoms with van der Waals surface area (Å²) in [4.78, 5) is 23.2. The summed E-state index contributed by atoms with van der Waals surface area (Å²) in [7, 11) is 0. The summed E-state index contributed by atoms with van der Waals surface area (Å²) < 4.78 is 0. The first kappa shape index (κ1) is 22.3. The molecule has 1 atom stereocenters. The first-order valence-corrected chi connectivity index (χ1v) is 8.96. The predicted octanol–water partition coefficient (Wildman–Crippen LogP) is 3.55. The number of hydrogen-bond donors (Lipinski definition) is 4. The first-order chi connectivity index (χ1) is 13.0.